The van der Waals surface area contributed by atoms with Crippen molar-refractivity contribution in [2.75, 3.05) is 11.9 Å². The smallest absolute Gasteiger partial charge is 0.247 e. The van der Waals surface area contributed by atoms with Gasteiger partial charge >= 0.3 is 0 Å². The molecule has 108 valence electrons. The number of carbonyl (C=O) groups is 1. The number of rotatable bonds is 6. The summed E-state index contributed by atoms with van der Waals surface area (Å²) in [6, 6.07) is 8.29. The standard InChI is InChI=1S/C16H21FN2O/c1-4-10-16(12-18,11-5-2)15(20)19(3)14-9-7-6-8-13(14)17/h6-9H,4-5,10-11H2,1-3H3. The summed E-state index contributed by atoms with van der Waals surface area (Å²) in [6.07, 6.45) is 2.47. The van der Waals surface area contributed by atoms with E-state index in [4.69, 9.17) is 0 Å². The molecule has 1 aromatic carbocycles. The number of hydrogen-bond acceptors (Lipinski definition) is 2. The van der Waals surface area contributed by atoms with Crippen molar-refractivity contribution >= 4 is 11.6 Å². The number of carbonyl (C=O) groups excluding carboxylic acids is 1. The molecule has 0 saturated carbocycles. The number of benzene rings is 1. The first-order chi connectivity index (χ1) is 9.52. The second-order valence-electron chi connectivity index (χ2n) is 5.01. The van der Waals surface area contributed by atoms with Crippen LogP contribution < -0.4 is 4.90 Å². The third-order valence-electron chi connectivity index (χ3n) is 3.50. The average molecular weight is 276 g/mol. The lowest BCUT2D eigenvalue weighted by molar-refractivity contribution is -0.125. The summed E-state index contributed by atoms with van der Waals surface area (Å²) < 4.78 is 13.8. The highest BCUT2D eigenvalue weighted by Gasteiger charge is 2.39. The fourth-order valence-electron chi connectivity index (χ4n) is 2.51. The summed E-state index contributed by atoms with van der Waals surface area (Å²) in [6.45, 7) is 3.89. The van der Waals surface area contributed by atoms with E-state index in [1.54, 1.807) is 18.2 Å². The van der Waals surface area contributed by atoms with Crippen LogP contribution in [0.25, 0.3) is 0 Å². The van der Waals surface area contributed by atoms with Gasteiger partial charge in [-0.15, -0.1) is 0 Å². The number of hydrogen-bond donors (Lipinski definition) is 0. The second kappa shape index (κ2) is 7.04. The average Bonchev–Trinajstić information content (AvgIpc) is 2.46. The van der Waals surface area contributed by atoms with Crippen LogP contribution in [0.15, 0.2) is 24.3 Å². The summed E-state index contributed by atoms with van der Waals surface area (Å²) in [5.74, 6) is -0.781. The van der Waals surface area contributed by atoms with Crippen LogP contribution in [0.3, 0.4) is 0 Å². The van der Waals surface area contributed by atoms with Crippen molar-refractivity contribution in [3.8, 4) is 6.07 Å². The molecule has 20 heavy (non-hydrogen) atoms. The zero-order valence-corrected chi connectivity index (χ0v) is 12.3. The zero-order valence-electron chi connectivity index (χ0n) is 12.3. The number of amides is 1. The normalized spacial score (nSPS) is 10.9. The first-order valence-electron chi connectivity index (χ1n) is 6.96. The molecule has 0 heterocycles. The zero-order chi connectivity index (χ0) is 15.2. The fourth-order valence-corrected chi connectivity index (χ4v) is 2.51. The molecule has 0 aliphatic carbocycles. The molecule has 0 aliphatic rings. The van der Waals surface area contributed by atoms with Gasteiger partial charge in [0.2, 0.25) is 5.91 Å². The molecule has 1 aromatic rings. The molecule has 0 unspecified atom stereocenters. The highest BCUT2D eigenvalue weighted by molar-refractivity contribution is 5.99. The summed E-state index contributed by atoms with van der Waals surface area (Å²) in [5, 5.41) is 9.48. The third kappa shape index (κ3) is 3.16. The second-order valence-corrected chi connectivity index (χ2v) is 5.01. The molecule has 0 saturated heterocycles. The van der Waals surface area contributed by atoms with Gasteiger partial charge in [0.25, 0.3) is 0 Å². The SMILES string of the molecule is CCCC(C#N)(CCC)C(=O)N(C)c1ccccc1F. The Kier molecular flexibility index (Phi) is 5.69. The predicted molar refractivity (Wildman–Crippen MR) is 77.7 cm³/mol. The minimum absolute atomic E-state index is 0.212. The minimum Gasteiger partial charge on any atom is -0.311 e. The van der Waals surface area contributed by atoms with Crippen LogP contribution in [0, 0.1) is 22.6 Å². The number of halogens is 1. The molecule has 0 radical (unpaired) electrons. The van der Waals surface area contributed by atoms with Gasteiger partial charge in [-0.05, 0) is 25.0 Å². The number of para-hydroxylation sites is 1. The molecule has 0 aromatic heterocycles. The van der Waals surface area contributed by atoms with Crippen molar-refractivity contribution in [2.45, 2.75) is 39.5 Å². The number of anilines is 1. The van der Waals surface area contributed by atoms with Gasteiger partial charge in [0.05, 0.1) is 11.8 Å². The van der Waals surface area contributed by atoms with Gasteiger partial charge in [0.1, 0.15) is 11.2 Å². The summed E-state index contributed by atoms with van der Waals surface area (Å²) in [7, 11) is 1.53. The maximum Gasteiger partial charge on any atom is 0.247 e. The summed E-state index contributed by atoms with van der Waals surface area (Å²) in [5.41, 5.74) is -0.843. The van der Waals surface area contributed by atoms with Gasteiger partial charge in [0.15, 0.2) is 0 Å². The van der Waals surface area contributed by atoms with E-state index in [0.717, 1.165) is 12.8 Å². The van der Waals surface area contributed by atoms with Gasteiger partial charge in [-0.25, -0.2) is 4.39 Å². The Hall–Kier alpha value is -1.89. The Morgan fingerprint density at radius 2 is 1.85 bits per heavy atom. The Morgan fingerprint density at radius 1 is 1.30 bits per heavy atom. The molecule has 0 bridgehead atoms. The van der Waals surface area contributed by atoms with Crippen LogP contribution in [0.5, 0.6) is 0 Å². The van der Waals surface area contributed by atoms with Gasteiger partial charge in [0, 0.05) is 7.05 Å². The van der Waals surface area contributed by atoms with E-state index >= 15 is 0 Å². The maximum atomic E-state index is 13.8. The van der Waals surface area contributed by atoms with Crippen LogP contribution in [-0.2, 0) is 4.79 Å². The van der Waals surface area contributed by atoms with Gasteiger partial charge < -0.3 is 4.90 Å². The molecule has 1 rings (SSSR count). The monoisotopic (exact) mass is 276 g/mol. The van der Waals surface area contributed by atoms with Crippen molar-refractivity contribution in [1.29, 1.82) is 5.26 Å². The first-order valence-corrected chi connectivity index (χ1v) is 6.96. The van der Waals surface area contributed by atoms with Crippen molar-refractivity contribution in [3.05, 3.63) is 30.1 Å². The van der Waals surface area contributed by atoms with E-state index in [1.807, 2.05) is 13.8 Å². The highest BCUT2D eigenvalue weighted by Crippen LogP contribution is 2.33. The number of nitrogens with zero attached hydrogens (tertiary/aromatic N) is 2. The number of nitriles is 1. The largest absolute Gasteiger partial charge is 0.311 e. The fraction of sp³-hybridized carbons (Fsp3) is 0.500. The lowest BCUT2D eigenvalue weighted by Gasteiger charge is -2.30. The van der Waals surface area contributed by atoms with Crippen molar-refractivity contribution in [2.24, 2.45) is 5.41 Å². The quantitative estimate of drug-likeness (QED) is 0.791. The molecule has 0 aliphatic heterocycles. The van der Waals surface area contributed by atoms with Gasteiger partial charge in [-0.1, -0.05) is 38.8 Å². The van der Waals surface area contributed by atoms with Crippen molar-refractivity contribution in [3.63, 3.8) is 0 Å². The van der Waals surface area contributed by atoms with Crippen LogP contribution >= 0.6 is 0 Å². The molecular formula is C16H21FN2O. The Morgan fingerprint density at radius 3 is 2.30 bits per heavy atom. The summed E-state index contributed by atoms with van der Waals surface area (Å²) >= 11 is 0. The predicted octanol–water partition coefficient (Wildman–Crippen LogP) is 3.90. The van der Waals surface area contributed by atoms with E-state index in [-0.39, 0.29) is 11.6 Å². The first kappa shape index (κ1) is 16.2. The van der Waals surface area contributed by atoms with Crippen LogP contribution in [0.1, 0.15) is 39.5 Å². The third-order valence-corrected chi connectivity index (χ3v) is 3.50. The molecule has 1 amide bonds. The Balaban J connectivity index is 3.13. The molecular weight excluding hydrogens is 255 g/mol. The van der Waals surface area contributed by atoms with E-state index in [9.17, 15) is 14.4 Å². The highest BCUT2D eigenvalue weighted by atomic mass is 19.1. The Labute approximate surface area is 120 Å². The lowest BCUT2D eigenvalue weighted by atomic mass is 9.79. The summed E-state index contributed by atoms with van der Waals surface area (Å²) in [4.78, 5) is 13.9. The van der Waals surface area contributed by atoms with E-state index in [0.29, 0.717) is 12.8 Å². The maximum absolute atomic E-state index is 13.8. The van der Waals surface area contributed by atoms with E-state index in [2.05, 4.69) is 6.07 Å². The van der Waals surface area contributed by atoms with Crippen LogP contribution in [-0.4, -0.2) is 13.0 Å². The topological polar surface area (TPSA) is 44.1 Å². The molecule has 0 fully saturated rings. The molecule has 4 heteroatoms. The molecule has 0 atom stereocenters. The van der Waals surface area contributed by atoms with E-state index < -0.39 is 11.2 Å². The Bertz CT molecular complexity index is 501. The van der Waals surface area contributed by atoms with Crippen LogP contribution in [0.2, 0.25) is 0 Å². The lowest BCUT2D eigenvalue weighted by Crippen LogP contribution is -2.41. The molecule has 0 spiro atoms. The van der Waals surface area contributed by atoms with Crippen molar-refractivity contribution < 1.29 is 9.18 Å². The molecule has 3 nitrogen and oxygen atoms in total. The molecule has 0 N–H and O–H groups in total. The van der Waals surface area contributed by atoms with Gasteiger partial charge in [-0.2, -0.15) is 5.26 Å². The van der Waals surface area contributed by atoms with Crippen molar-refractivity contribution in [1.82, 2.24) is 0 Å². The van der Waals surface area contributed by atoms with Crippen LogP contribution in [0.4, 0.5) is 10.1 Å². The van der Waals surface area contributed by atoms with E-state index in [1.165, 1.54) is 18.0 Å². The van der Waals surface area contributed by atoms with Gasteiger partial charge in [-0.3, -0.25) is 4.79 Å². The minimum atomic E-state index is -1.06.